The summed E-state index contributed by atoms with van der Waals surface area (Å²) in [6, 6.07) is 12.8. The van der Waals surface area contributed by atoms with Gasteiger partial charge in [-0.05, 0) is 52.9 Å². The van der Waals surface area contributed by atoms with Crippen molar-refractivity contribution in [3.63, 3.8) is 0 Å². The van der Waals surface area contributed by atoms with Crippen LogP contribution in [0.5, 0.6) is 0 Å². The van der Waals surface area contributed by atoms with E-state index in [1.54, 1.807) is 0 Å². The van der Waals surface area contributed by atoms with E-state index in [9.17, 15) is 0 Å². The van der Waals surface area contributed by atoms with Crippen LogP contribution in [0.1, 0.15) is 11.1 Å². The van der Waals surface area contributed by atoms with E-state index < -0.39 is 0 Å². The van der Waals surface area contributed by atoms with Crippen molar-refractivity contribution in [3.8, 4) is 11.1 Å². The molecule has 0 atom stereocenters. The fourth-order valence-electron chi connectivity index (χ4n) is 2.97. The summed E-state index contributed by atoms with van der Waals surface area (Å²) in [5.74, 6) is 0. The number of hydrogen-bond donors (Lipinski definition) is 2. The Hall–Kier alpha value is -1.36. The Labute approximate surface area is 133 Å². The van der Waals surface area contributed by atoms with E-state index in [1.807, 2.05) is 4.90 Å². The zero-order valence-corrected chi connectivity index (χ0v) is 13.3. The van der Waals surface area contributed by atoms with Crippen molar-refractivity contribution in [2.75, 3.05) is 31.2 Å². The lowest BCUT2D eigenvalue weighted by atomic mass is 10.1. The minimum Gasteiger partial charge on any atom is -0.395 e. The molecule has 1 aliphatic carbocycles. The highest BCUT2D eigenvalue weighted by Crippen LogP contribution is 2.39. The molecule has 1 aliphatic rings. The fourth-order valence-corrected chi connectivity index (χ4v) is 3.38. The smallest absolute Gasteiger partial charge is 0.0606 e. The second-order valence-electron chi connectivity index (χ2n) is 5.25. The van der Waals surface area contributed by atoms with Gasteiger partial charge in [0.15, 0.2) is 0 Å². The molecule has 0 spiro atoms. The Balaban J connectivity index is 1.94. The van der Waals surface area contributed by atoms with Crippen molar-refractivity contribution in [1.82, 2.24) is 0 Å². The Morgan fingerprint density at radius 3 is 2.19 bits per heavy atom. The van der Waals surface area contributed by atoms with Crippen LogP contribution in [0.15, 0.2) is 40.9 Å². The van der Waals surface area contributed by atoms with Crippen LogP contribution in [-0.2, 0) is 6.42 Å². The van der Waals surface area contributed by atoms with Gasteiger partial charge in [-0.15, -0.1) is 0 Å². The minimum absolute atomic E-state index is 0.0876. The van der Waals surface area contributed by atoms with E-state index in [-0.39, 0.29) is 13.2 Å². The molecule has 2 aromatic carbocycles. The summed E-state index contributed by atoms with van der Waals surface area (Å²) in [5, 5.41) is 18.3. The minimum atomic E-state index is 0.0876. The van der Waals surface area contributed by atoms with Gasteiger partial charge in [0.25, 0.3) is 0 Å². The zero-order valence-electron chi connectivity index (χ0n) is 11.7. The molecule has 4 heteroatoms. The summed E-state index contributed by atoms with van der Waals surface area (Å²) in [4.78, 5) is 2.01. The van der Waals surface area contributed by atoms with Crippen LogP contribution in [-0.4, -0.2) is 36.5 Å². The van der Waals surface area contributed by atoms with Gasteiger partial charge in [0, 0.05) is 23.2 Å². The lowest BCUT2D eigenvalue weighted by Gasteiger charge is -2.23. The topological polar surface area (TPSA) is 43.7 Å². The van der Waals surface area contributed by atoms with Crippen LogP contribution in [0.2, 0.25) is 0 Å². The standard InChI is InChI=1S/C17H18BrNO2/c18-14-1-3-16-12(10-14)9-13-11-15(2-4-17(13)16)19(5-7-20)6-8-21/h1-4,10-11,20-21H,5-9H2. The molecule has 0 radical (unpaired) electrons. The predicted octanol–water partition coefficient (Wildman–Crippen LogP) is 2.81. The van der Waals surface area contributed by atoms with Gasteiger partial charge in [-0.1, -0.05) is 28.1 Å². The molecule has 21 heavy (non-hydrogen) atoms. The van der Waals surface area contributed by atoms with Crippen molar-refractivity contribution in [3.05, 3.63) is 52.0 Å². The average molecular weight is 348 g/mol. The van der Waals surface area contributed by atoms with Crippen LogP contribution >= 0.6 is 15.9 Å². The molecular weight excluding hydrogens is 330 g/mol. The first kappa shape index (κ1) is 14.6. The second-order valence-corrected chi connectivity index (χ2v) is 6.17. The van der Waals surface area contributed by atoms with Crippen molar-refractivity contribution in [2.45, 2.75) is 6.42 Å². The van der Waals surface area contributed by atoms with Gasteiger partial charge in [0.1, 0.15) is 0 Å². The molecule has 0 aromatic heterocycles. The average Bonchev–Trinajstić information content (AvgIpc) is 2.83. The van der Waals surface area contributed by atoms with E-state index in [2.05, 4.69) is 52.3 Å². The summed E-state index contributed by atoms with van der Waals surface area (Å²) >= 11 is 3.52. The van der Waals surface area contributed by atoms with Gasteiger partial charge in [0.05, 0.1) is 13.2 Å². The maximum atomic E-state index is 9.16. The quantitative estimate of drug-likeness (QED) is 0.745. The lowest BCUT2D eigenvalue weighted by molar-refractivity contribution is 0.281. The largest absolute Gasteiger partial charge is 0.395 e. The Bertz CT molecular complexity index is 651. The maximum Gasteiger partial charge on any atom is 0.0606 e. The lowest BCUT2D eigenvalue weighted by Crippen LogP contribution is -2.29. The number of halogens is 1. The Morgan fingerprint density at radius 1 is 0.905 bits per heavy atom. The molecule has 0 aliphatic heterocycles. The highest BCUT2D eigenvalue weighted by Gasteiger charge is 2.19. The molecule has 0 saturated carbocycles. The number of nitrogens with zero attached hydrogens (tertiary/aromatic N) is 1. The van der Waals surface area contributed by atoms with Gasteiger partial charge in [-0.25, -0.2) is 0 Å². The van der Waals surface area contributed by atoms with Crippen LogP contribution in [0, 0.1) is 0 Å². The summed E-state index contributed by atoms with van der Waals surface area (Å²) in [6.07, 6.45) is 0.935. The van der Waals surface area contributed by atoms with Crippen LogP contribution in [0.3, 0.4) is 0 Å². The van der Waals surface area contributed by atoms with Crippen molar-refractivity contribution < 1.29 is 10.2 Å². The Morgan fingerprint density at radius 2 is 1.52 bits per heavy atom. The number of anilines is 1. The van der Waals surface area contributed by atoms with E-state index in [0.717, 1.165) is 16.6 Å². The van der Waals surface area contributed by atoms with Crippen LogP contribution in [0.4, 0.5) is 5.69 Å². The highest BCUT2D eigenvalue weighted by atomic mass is 79.9. The molecule has 2 aromatic rings. The monoisotopic (exact) mass is 347 g/mol. The summed E-state index contributed by atoms with van der Waals surface area (Å²) in [5.41, 5.74) is 6.29. The highest BCUT2D eigenvalue weighted by molar-refractivity contribution is 9.10. The van der Waals surface area contributed by atoms with Gasteiger partial charge >= 0.3 is 0 Å². The fraction of sp³-hybridized carbons (Fsp3) is 0.294. The molecule has 3 nitrogen and oxygen atoms in total. The maximum absolute atomic E-state index is 9.16. The molecule has 110 valence electrons. The summed E-state index contributed by atoms with van der Waals surface area (Å²) in [7, 11) is 0. The first-order valence-corrected chi connectivity index (χ1v) is 7.90. The molecule has 0 heterocycles. The van der Waals surface area contributed by atoms with E-state index in [0.29, 0.717) is 13.1 Å². The zero-order chi connectivity index (χ0) is 14.8. The first-order chi connectivity index (χ1) is 10.2. The SMILES string of the molecule is OCCN(CCO)c1ccc2c(c1)Cc1cc(Br)ccc1-2. The molecule has 0 amide bonds. The molecular formula is C17H18BrNO2. The molecule has 0 unspecified atom stereocenters. The van der Waals surface area contributed by atoms with Gasteiger partial charge in [-0.2, -0.15) is 0 Å². The molecule has 2 N–H and O–H groups in total. The van der Waals surface area contributed by atoms with Gasteiger partial charge < -0.3 is 15.1 Å². The van der Waals surface area contributed by atoms with Crippen LogP contribution in [0.25, 0.3) is 11.1 Å². The van der Waals surface area contributed by atoms with Crippen molar-refractivity contribution in [2.24, 2.45) is 0 Å². The number of benzene rings is 2. The summed E-state index contributed by atoms with van der Waals surface area (Å²) in [6.45, 7) is 1.25. The molecule has 0 fully saturated rings. The third-order valence-corrected chi connectivity index (χ3v) is 4.43. The molecule has 0 bridgehead atoms. The van der Waals surface area contributed by atoms with E-state index in [4.69, 9.17) is 10.2 Å². The number of aliphatic hydroxyl groups excluding tert-OH is 2. The normalized spacial score (nSPS) is 12.1. The number of fused-ring (bicyclic) bond motifs is 3. The molecule has 3 rings (SSSR count). The van der Waals surface area contributed by atoms with Crippen LogP contribution < -0.4 is 4.90 Å². The second kappa shape index (κ2) is 6.18. The number of aliphatic hydroxyl groups is 2. The van der Waals surface area contributed by atoms with E-state index in [1.165, 1.54) is 22.3 Å². The summed E-state index contributed by atoms with van der Waals surface area (Å²) < 4.78 is 1.11. The first-order valence-electron chi connectivity index (χ1n) is 7.11. The third kappa shape index (κ3) is 2.84. The van der Waals surface area contributed by atoms with Crippen molar-refractivity contribution in [1.29, 1.82) is 0 Å². The number of rotatable bonds is 5. The number of hydrogen-bond acceptors (Lipinski definition) is 3. The van der Waals surface area contributed by atoms with Crippen molar-refractivity contribution >= 4 is 21.6 Å². The van der Waals surface area contributed by atoms with Gasteiger partial charge in [0.2, 0.25) is 0 Å². The molecule has 0 saturated heterocycles. The Kier molecular flexibility index (Phi) is 4.29. The van der Waals surface area contributed by atoms with Gasteiger partial charge in [-0.3, -0.25) is 0 Å². The third-order valence-electron chi connectivity index (χ3n) is 3.93. The van der Waals surface area contributed by atoms with E-state index >= 15 is 0 Å². The predicted molar refractivity (Wildman–Crippen MR) is 88.8 cm³/mol.